The van der Waals surface area contributed by atoms with Gasteiger partial charge in [-0.05, 0) is 43.0 Å². The molecule has 2 unspecified atom stereocenters. The van der Waals surface area contributed by atoms with E-state index in [-0.39, 0.29) is 5.82 Å². The third kappa shape index (κ3) is 4.71. The quantitative estimate of drug-likeness (QED) is 0.729. The molecular formula is C17H19FN2O2S. The maximum absolute atomic E-state index is 12.9. The van der Waals surface area contributed by atoms with Gasteiger partial charge < -0.3 is 15.7 Å². The predicted octanol–water partition coefficient (Wildman–Crippen LogP) is 3.79. The zero-order valence-corrected chi connectivity index (χ0v) is 13.7. The average Bonchev–Trinajstić information content (AvgIpc) is 2.55. The number of halogens is 1. The minimum absolute atomic E-state index is 0.368. The van der Waals surface area contributed by atoms with Crippen LogP contribution in [0.3, 0.4) is 0 Å². The molecule has 0 saturated carbocycles. The summed E-state index contributed by atoms with van der Waals surface area (Å²) in [6.45, 7) is 1.69. The number of carbonyl (C=O) groups is 1. The fourth-order valence-electron chi connectivity index (χ4n) is 2.14. The summed E-state index contributed by atoms with van der Waals surface area (Å²) in [4.78, 5) is 13.0. The van der Waals surface area contributed by atoms with Gasteiger partial charge in [-0.2, -0.15) is 0 Å². The van der Waals surface area contributed by atoms with E-state index in [1.54, 1.807) is 6.92 Å². The number of anilines is 1. The van der Waals surface area contributed by atoms with E-state index in [0.29, 0.717) is 11.3 Å². The van der Waals surface area contributed by atoms with Crippen LogP contribution < -0.4 is 10.6 Å². The largest absolute Gasteiger partial charge is 0.386 e. The monoisotopic (exact) mass is 334 g/mol. The van der Waals surface area contributed by atoms with Crippen molar-refractivity contribution < 1.29 is 14.3 Å². The fourth-order valence-corrected chi connectivity index (χ4v) is 2.69. The van der Waals surface area contributed by atoms with Crippen molar-refractivity contribution >= 4 is 23.5 Å². The van der Waals surface area contributed by atoms with Crippen LogP contribution in [0.2, 0.25) is 0 Å². The van der Waals surface area contributed by atoms with Gasteiger partial charge in [-0.15, -0.1) is 11.8 Å². The Hall–Kier alpha value is -2.05. The normalized spacial score (nSPS) is 13.2. The number of hydrogen-bond acceptors (Lipinski definition) is 3. The van der Waals surface area contributed by atoms with Gasteiger partial charge in [0.1, 0.15) is 5.82 Å². The lowest BCUT2D eigenvalue weighted by Gasteiger charge is -2.21. The number of thioether (sulfide) groups is 1. The van der Waals surface area contributed by atoms with Crippen molar-refractivity contribution in [3.63, 3.8) is 0 Å². The summed E-state index contributed by atoms with van der Waals surface area (Å²) in [5, 5.41) is 15.7. The molecule has 3 N–H and O–H groups in total. The first kappa shape index (κ1) is 17.3. The Bertz CT molecular complexity index is 664. The van der Waals surface area contributed by atoms with Crippen LogP contribution in [0.5, 0.6) is 0 Å². The lowest BCUT2D eigenvalue weighted by atomic mass is 10.0. The van der Waals surface area contributed by atoms with Crippen LogP contribution in [-0.2, 0) is 0 Å². The maximum atomic E-state index is 12.9. The third-order valence-corrected chi connectivity index (χ3v) is 4.19. The number of carbonyl (C=O) groups excluding carboxylic acids is 1. The molecule has 0 aliphatic heterocycles. The van der Waals surface area contributed by atoms with E-state index in [0.717, 1.165) is 4.90 Å². The number of aliphatic hydroxyl groups excluding tert-OH is 1. The molecule has 0 bridgehead atoms. The van der Waals surface area contributed by atoms with E-state index < -0.39 is 18.2 Å². The zero-order valence-electron chi connectivity index (χ0n) is 12.9. The number of aliphatic hydroxyl groups is 1. The van der Waals surface area contributed by atoms with E-state index in [1.807, 2.05) is 30.5 Å². The van der Waals surface area contributed by atoms with Gasteiger partial charge in [0, 0.05) is 4.90 Å². The Kier molecular flexibility index (Phi) is 6.01. The van der Waals surface area contributed by atoms with Crippen LogP contribution in [0.4, 0.5) is 14.9 Å². The highest BCUT2D eigenvalue weighted by Gasteiger charge is 2.18. The second-order valence-corrected chi connectivity index (χ2v) is 5.93. The smallest absolute Gasteiger partial charge is 0.319 e. The van der Waals surface area contributed by atoms with E-state index in [1.165, 1.54) is 36.0 Å². The van der Waals surface area contributed by atoms with Crippen LogP contribution in [-0.4, -0.2) is 23.4 Å². The van der Waals surface area contributed by atoms with Crippen molar-refractivity contribution in [3.05, 3.63) is 59.9 Å². The van der Waals surface area contributed by atoms with Crippen molar-refractivity contribution in [1.82, 2.24) is 5.32 Å². The maximum Gasteiger partial charge on any atom is 0.319 e. The Morgan fingerprint density at radius 3 is 2.48 bits per heavy atom. The molecule has 2 rings (SSSR count). The Labute approximate surface area is 139 Å². The number of para-hydroxylation sites is 1. The SMILES string of the molecule is CSc1ccccc1NC(=O)NC(C)C(O)c1ccc(F)cc1. The first-order valence-corrected chi connectivity index (χ1v) is 8.38. The first-order chi connectivity index (χ1) is 11.0. The van der Waals surface area contributed by atoms with Gasteiger partial charge in [0.25, 0.3) is 0 Å². The zero-order chi connectivity index (χ0) is 16.8. The van der Waals surface area contributed by atoms with Gasteiger partial charge in [-0.25, -0.2) is 9.18 Å². The number of nitrogens with one attached hydrogen (secondary N) is 2. The van der Waals surface area contributed by atoms with Gasteiger partial charge in [-0.3, -0.25) is 0 Å². The Morgan fingerprint density at radius 2 is 1.83 bits per heavy atom. The van der Waals surface area contributed by atoms with Gasteiger partial charge in [0.05, 0.1) is 17.8 Å². The minimum Gasteiger partial charge on any atom is -0.386 e. The predicted molar refractivity (Wildman–Crippen MR) is 91.2 cm³/mol. The summed E-state index contributed by atoms with van der Waals surface area (Å²) < 4.78 is 12.9. The van der Waals surface area contributed by atoms with E-state index >= 15 is 0 Å². The lowest BCUT2D eigenvalue weighted by Crippen LogP contribution is -2.39. The van der Waals surface area contributed by atoms with Crippen molar-refractivity contribution in [2.75, 3.05) is 11.6 Å². The number of rotatable bonds is 5. The van der Waals surface area contributed by atoms with Crippen molar-refractivity contribution in [2.24, 2.45) is 0 Å². The second kappa shape index (κ2) is 7.99. The molecule has 0 aromatic heterocycles. The minimum atomic E-state index is -0.919. The van der Waals surface area contributed by atoms with E-state index in [9.17, 15) is 14.3 Å². The van der Waals surface area contributed by atoms with Crippen LogP contribution in [0, 0.1) is 5.82 Å². The summed E-state index contributed by atoms with van der Waals surface area (Å²) in [7, 11) is 0. The van der Waals surface area contributed by atoms with E-state index in [4.69, 9.17) is 0 Å². The molecular weight excluding hydrogens is 315 g/mol. The molecule has 23 heavy (non-hydrogen) atoms. The van der Waals surface area contributed by atoms with Crippen LogP contribution in [0.25, 0.3) is 0 Å². The molecule has 0 aliphatic carbocycles. The summed E-state index contributed by atoms with van der Waals surface area (Å²) >= 11 is 1.53. The molecule has 4 nitrogen and oxygen atoms in total. The molecule has 2 aromatic carbocycles. The third-order valence-electron chi connectivity index (χ3n) is 3.40. The van der Waals surface area contributed by atoms with Gasteiger partial charge in [0.15, 0.2) is 0 Å². The molecule has 0 spiro atoms. The van der Waals surface area contributed by atoms with Crippen molar-refractivity contribution in [3.8, 4) is 0 Å². The number of hydrogen-bond donors (Lipinski definition) is 3. The molecule has 0 radical (unpaired) electrons. The van der Waals surface area contributed by atoms with Crippen molar-refractivity contribution in [2.45, 2.75) is 24.0 Å². The number of urea groups is 1. The van der Waals surface area contributed by atoms with Crippen molar-refractivity contribution in [1.29, 1.82) is 0 Å². The highest BCUT2D eigenvalue weighted by molar-refractivity contribution is 7.98. The molecule has 0 fully saturated rings. The lowest BCUT2D eigenvalue weighted by molar-refractivity contribution is 0.139. The number of amides is 2. The molecule has 122 valence electrons. The first-order valence-electron chi connectivity index (χ1n) is 7.15. The molecule has 2 aromatic rings. The Balaban J connectivity index is 1.97. The molecule has 6 heteroatoms. The van der Waals surface area contributed by atoms with Crippen LogP contribution in [0.15, 0.2) is 53.4 Å². The summed E-state index contributed by atoms with van der Waals surface area (Å²) in [6, 6.07) is 12.1. The van der Waals surface area contributed by atoms with Crippen LogP contribution in [0.1, 0.15) is 18.6 Å². The van der Waals surface area contributed by atoms with Gasteiger partial charge in [-0.1, -0.05) is 24.3 Å². The van der Waals surface area contributed by atoms with Gasteiger partial charge in [0.2, 0.25) is 0 Å². The molecule has 2 atom stereocenters. The topological polar surface area (TPSA) is 61.4 Å². The highest BCUT2D eigenvalue weighted by atomic mass is 32.2. The average molecular weight is 334 g/mol. The molecule has 0 saturated heterocycles. The Morgan fingerprint density at radius 1 is 1.17 bits per heavy atom. The fraction of sp³-hybridized carbons (Fsp3) is 0.235. The second-order valence-electron chi connectivity index (χ2n) is 5.08. The van der Waals surface area contributed by atoms with Crippen LogP contribution >= 0.6 is 11.8 Å². The molecule has 2 amide bonds. The molecule has 0 aliphatic rings. The number of benzene rings is 2. The van der Waals surface area contributed by atoms with E-state index in [2.05, 4.69) is 10.6 Å². The highest BCUT2D eigenvalue weighted by Crippen LogP contribution is 2.24. The summed E-state index contributed by atoms with van der Waals surface area (Å²) in [6.07, 6.45) is 1.01. The van der Waals surface area contributed by atoms with Gasteiger partial charge >= 0.3 is 6.03 Å². The summed E-state index contributed by atoms with van der Waals surface area (Å²) in [5.74, 6) is -0.368. The molecule has 0 heterocycles. The standard InChI is InChI=1S/C17H19FN2O2S/c1-11(16(21)12-7-9-13(18)10-8-12)19-17(22)20-14-5-3-4-6-15(14)23-2/h3-11,16,21H,1-2H3,(H2,19,20,22). The summed E-state index contributed by atoms with van der Waals surface area (Å²) in [5.41, 5.74) is 1.25.